The van der Waals surface area contributed by atoms with Crippen molar-refractivity contribution in [1.82, 2.24) is 0 Å². The number of hydrogen-bond acceptors (Lipinski definition) is 4. The second kappa shape index (κ2) is 8.32. The molecule has 0 saturated heterocycles. The number of hydrogen-bond donors (Lipinski definition) is 1. The molecule has 0 heterocycles. The second-order valence-electron chi connectivity index (χ2n) is 4.77. The number of aryl methyl sites for hydroxylation is 1. The van der Waals surface area contributed by atoms with Gasteiger partial charge in [0.15, 0.2) is 0 Å². The normalized spacial score (nSPS) is 9.74. The topological polar surface area (TPSA) is 55.4 Å². The number of ether oxygens (including phenoxy) is 1. The maximum Gasteiger partial charge on any atom is 0.282 e. The fourth-order valence-corrected chi connectivity index (χ4v) is 2.00. The fourth-order valence-electron chi connectivity index (χ4n) is 2.00. The summed E-state index contributed by atoms with van der Waals surface area (Å²) in [7, 11) is 1.22. The van der Waals surface area contributed by atoms with Gasteiger partial charge in [0.05, 0.1) is 7.11 Å². The predicted octanol–water partition coefficient (Wildman–Crippen LogP) is 3.66. The molecule has 0 aliphatic heterocycles. The summed E-state index contributed by atoms with van der Waals surface area (Å²) < 4.78 is 18.7. The Balaban J connectivity index is 0.00000264. The van der Waals surface area contributed by atoms with E-state index in [4.69, 9.17) is 0 Å². The van der Waals surface area contributed by atoms with Crippen LogP contribution in [0, 0.1) is 18.8 Å². The van der Waals surface area contributed by atoms with Crippen molar-refractivity contribution >= 4 is 23.1 Å². The minimum atomic E-state index is -0.809. The number of carbonyl (C=O) groups is 2. The molecule has 1 N–H and O–H groups in total. The van der Waals surface area contributed by atoms with Crippen molar-refractivity contribution in [2.45, 2.75) is 13.8 Å². The van der Waals surface area contributed by atoms with Crippen LogP contribution in [0.3, 0.4) is 0 Å². The third kappa shape index (κ3) is 4.46. The SMILES string of the molecule is COC(=O)c1cc(C(C)=O)c(F)[c-]c1Nc1ccccc1C.[Y]. The Morgan fingerprint density at radius 1 is 1.22 bits per heavy atom. The van der Waals surface area contributed by atoms with E-state index in [1.54, 1.807) is 6.07 Å². The molecular formula is C17H15FNO3Y-. The third-order valence-electron chi connectivity index (χ3n) is 3.22. The van der Waals surface area contributed by atoms with Crippen LogP contribution >= 0.6 is 0 Å². The first kappa shape index (κ1) is 19.5. The molecule has 2 aromatic carbocycles. The van der Waals surface area contributed by atoms with Crippen LogP contribution < -0.4 is 5.32 Å². The Morgan fingerprint density at radius 2 is 1.87 bits per heavy atom. The van der Waals surface area contributed by atoms with Gasteiger partial charge >= 0.3 is 0 Å². The number of methoxy groups -OCH3 is 1. The molecule has 1 radical (unpaired) electrons. The molecule has 0 bridgehead atoms. The zero-order valence-electron chi connectivity index (χ0n) is 13.1. The van der Waals surface area contributed by atoms with E-state index in [9.17, 15) is 14.0 Å². The van der Waals surface area contributed by atoms with Crippen LogP contribution in [0.25, 0.3) is 0 Å². The number of esters is 1. The molecule has 23 heavy (non-hydrogen) atoms. The minimum absolute atomic E-state index is 0. The van der Waals surface area contributed by atoms with Crippen molar-refractivity contribution in [2.75, 3.05) is 12.4 Å². The van der Waals surface area contributed by atoms with E-state index in [0.717, 1.165) is 5.56 Å². The van der Waals surface area contributed by atoms with Gasteiger partial charge in [0.25, 0.3) is 5.97 Å². The molecule has 6 heteroatoms. The summed E-state index contributed by atoms with van der Waals surface area (Å²) in [6.45, 7) is 3.10. The molecule has 2 aromatic rings. The number of anilines is 2. The van der Waals surface area contributed by atoms with E-state index >= 15 is 0 Å². The Bertz CT molecular complexity index is 747. The summed E-state index contributed by atoms with van der Waals surface area (Å²) in [6.07, 6.45) is 0. The van der Waals surface area contributed by atoms with Gasteiger partial charge in [-0.05, 0) is 31.0 Å². The molecule has 0 aliphatic rings. The van der Waals surface area contributed by atoms with Crippen LogP contribution in [0.5, 0.6) is 0 Å². The molecule has 0 fully saturated rings. The van der Waals surface area contributed by atoms with Crippen LogP contribution in [0.4, 0.5) is 15.8 Å². The van der Waals surface area contributed by atoms with E-state index < -0.39 is 17.6 Å². The maximum absolute atomic E-state index is 14.0. The number of Topliss-reactive ketones (excluding diaryl/α,β-unsaturated/α-hetero) is 1. The Labute approximate surface area is 159 Å². The number of halogens is 1. The largest absolute Gasteiger partial charge is 0.475 e. The molecule has 0 spiro atoms. The number of benzene rings is 2. The molecule has 0 atom stereocenters. The molecule has 0 aromatic heterocycles. The van der Waals surface area contributed by atoms with Gasteiger partial charge in [-0.25, -0.2) is 4.39 Å². The van der Waals surface area contributed by atoms with Crippen LogP contribution in [0.1, 0.15) is 33.2 Å². The molecule has 4 nitrogen and oxygen atoms in total. The average molecular weight is 389 g/mol. The number of nitrogens with one attached hydrogen (secondary N) is 1. The second-order valence-corrected chi connectivity index (χ2v) is 4.77. The summed E-state index contributed by atoms with van der Waals surface area (Å²) in [5.74, 6) is -1.97. The predicted molar refractivity (Wildman–Crippen MR) is 81.0 cm³/mol. The average Bonchev–Trinajstić information content (AvgIpc) is 2.48. The van der Waals surface area contributed by atoms with Gasteiger partial charge in [-0.15, -0.1) is 12.1 Å². The van der Waals surface area contributed by atoms with Crippen LogP contribution in [-0.2, 0) is 37.4 Å². The first-order valence-electron chi connectivity index (χ1n) is 6.61. The van der Waals surface area contributed by atoms with E-state index in [2.05, 4.69) is 16.1 Å². The Kier molecular flexibility index (Phi) is 7.04. The van der Waals surface area contributed by atoms with Gasteiger partial charge in [0, 0.05) is 44.2 Å². The fraction of sp³-hybridized carbons (Fsp3) is 0.176. The molecule has 0 saturated carbocycles. The molecule has 0 aliphatic carbocycles. The Hall–Kier alpha value is -1.59. The minimum Gasteiger partial charge on any atom is -0.475 e. The van der Waals surface area contributed by atoms with Crippen molar-refractivity contribution in [3.05, 3.63) is 58.9 Å². The molecule has 0 unspecified atom stereocenters. The summed E-state index contributed by atoms with van der Waals surface area (Å²) in [4.78, 5) is 23.3. The standard InChI is InChI=1S/C17H15FNO3.Y/c1-10-6-4-5-7-15(10)19-16-9-14(18)12(11(2)20)8-13(16)17(21)22-3;/h4-8,19H,1-3H3;/q-1;. The van der Waals surface area contributed by atoms with Gasteiger partial charge in [-0.3, -0.25) is 4.79 Å². The zero-order valence-corrected chi connectivity index (χ0v) is 15.9. The van der Waals surface area contributed by atoms with E-state index in [-0.39, 0.29) is 49.5 Å². The van der Waals surface area contributed by atoms with Gasteiger partial charge in [0.2, 0.25) is 0 Å². The summed E-state index contributed by atoms with van der Waals surface area (Å²) in [6, 6.07) is 10.9. The number of para-hydroxylation sites is 1. The summed E-state index contributed by atoms with van der Waals surface area (Å²) >= 11 is 0. The zero-order chi connectivity index (χ0) is 16.3. The molecule has 117 valence electrons. The summed E-state index contributed by atoms with van der Waals surface area (Å²) in [5, 5.41) is 2.96. The van der Waals surface area contributed by atoms with E-state index in [1.807, 2.05) is 25.1 Å². The van der Waals surface area contributed by atoms with Crippen molar-refractivity contribution in [3.8, 4) is 0 Å². The van der Waals surface area contributed by atoms with Crippen molar-refractivity contribution in [1.29, 1.82) is 0 Å². The van der Waals surface area contributed by atoms with Gasteiger partial charge < -0.3 is 14.8 Å². The van der Waals surface area contributed by atoms with Crippen LogP contribution in [0.15, 0.2) is 30.3 Å². The van der Waals surface area contributed by atoms with Crippen LogP contribution in [0.2, 0.25) is 0 Å². The van der Waals surface area contributed by atoms with Crippen LogP contribution in [-0.4, -0.2) is 18.9 Å². The monoisotopic (exact) mass is 389 g/mol. The Morgan fingerprint density at radius 3 is 2.43 bits per heavy atom. The number of carbonyl (C=O) groups excluding carboxylic acids is 2. The van der Waals surface area contributed by atoms with E-state index in [1.165, 1.54) is 20.1 Å². The van der Waals surface area contributed by atoms with Gasteiger partial charge in [0.1, 0.15) is 5.78 Å². The molecule has 2 rings (SSSR count). The van der Waals surface area contributed by atoms with E-state index in [0.29, 0.717) is 5.69 Å². The van der Waals surface area contributed by atoms with Crippen molar-refractivity contribution < 1.29 is 51.4 Å². The smallest absolute Gasteiger partial charge is 0.282 e. The van der Waals surface area contributed by atoms with Gasteiger partial charge in [-0.1, -0.05) is 29.4 Å². The summed E-state index contributed by atoms with van der Waals surface area (Å²) in [5.41, 5.74) is 1.61. The molecule has 0 amide bonds. The third-order valence-corrected chi connectivity index (χ3v) is 3.22. The first-order chi connectivity index (χ1) is 10.4. The van der Waals surface area contributed by atoms with Gasteiger partial charge in [-0.2, -0.15) is 0 Å². The van der Waals surface area contributed by atoms with Crippen molar-refractivity contribution in [2.24, 2.45) is 0 Å². The number of ketones is 1. The molecular weight excluding hydrogens is 374 g/mol. The maximum atomic E-state index is 14.0. The quantitative estimate of drug-likeness (QED) is 0.493. The van der Waals surface area contributed by atoms with Crippen molar-refractivity contribution in [3.63, 3.8) is 0 Å². The number of rotatable bonds is 4. The first-order valence-corrected chi connectivity index (χ1v) is 6.61.